The highest BCUT2D eigenvalue weighted by atomic mass is 19.4. The van der Waals surface area contributed by atoms with E-state index in [1.54, 1.807) is 0 Å². The molecule has 3 aliphatic carbocycles. The molecule has 1 heterocycles. The van der Waals surface area contributed by atoms with Gasteiger partial charge in [-0.3, -0.25) is 14.5 Å². The largest absolute Gasteiger partial charge is 0.416 e. The van der Waals surface area contributed by atoms with Gasteiger partial charge in [-0.1, -0.05) is 18.2 Å². The summed E-state index contributed by atoms with van der Waals surface area (Å²) in [5.74, 6) is -1.34. The summed E-state index contributed by atoms with van der Waals surface area (Å²) in [5.41, 5.74) is -0.739. The predicted octanol–water partition coefficient (Wildman–Crippen LogP) is 3.41. The van der Waals surface area contributed by atoms with Crippen LogP contribution in [0.5, 0.6) is 0 Å². The summed E-state index contributed by atoms with van der Waals surface area (Å²) >= 11 is 0. The van der Waals surface area contributed by atoms with Crippen molar-refractivity contribution in [1.29, 1.82) is 0 Å². The molecular formula is C18H14F3NO2. The first kappa shape index (κ1) is 14.3. The number of alkyl halides is 3. The normalized spacial score (nSPS) is 35.2. The first-order valence-corrected chi connectivity index (χ1v) is 8.08. The van der Waals surface area contributed by atoms with Crippen LogP contribution in [0.1, 0.15) is 18.4 Å². The molecule has 0 N–H and O–H groups in total. The van der Waals surface area contributed by atoms with E-state index in [4.69, 9.17) is 0 Å². The number of amides is 2. The Morgan fingerprint density at radius 2 is 1.58 bits per heavy atom. The van der Waals surface area contributed by atoms with Crippen LogP contribution >= 0.6 is 0 Å². The summed E-state index contributed by atoms with van der Waals surface area (Å²) in [6.45, 7) is 0. The van der Waals surface area contributed by atoms with Crippen molar-refractivity contribution >= 4 is 17.5 Å². The number of hydrogen-bond donors (Lipinski definition) is 0. The number of allylic oxidation sites excluding steroid dienone is 2. The molecule has 5 rings (SSSR count). The summed E-state index contributed by atoms with van der Waals surface area (Å²) in [6.07, 6.45) is 1.65. The average molecular weight is 333 g/mol. The Morgan fingerprint density at radius 1 is 1.00 bits per heavy atom. The van der Waals surface area contributed by atoms with Crippen LogP contribution in [0, 0.1) is 29.1 Å². The molecular weight excluding hydrogens is 319 g/mol. The van der Waals surface area contributed by atoms with Crippen molar-refractivity contribution in [3.8, 4) is 0 Å². The van der Waals surface area contributed by atoms with Crippen LogP contribution in [0.4, 0.5) is 18.9 Å². The topological polar surface area (TPSA) is 37.4 Å². The maximum Gasteiger partial charge on any atom is 0.416 e. The van der Waals surface area contributed by atoms with Crippen molar-refractivity contribution in [2.45, 2.75) is 19.0 Å². The van der Waals surface area contributed by atoms with Crippen LogP contribution in [0.2, 0.25) is 0 Å². The number of anilines is 1. The summed E-state index contributed by atoms with van der Waals surface area (Å²) in [7, 11) is 0. The lowest BCUT2D eigenvalue weighted by Crippen LogP contribution is -2.34. The third-order valence-electron chi connectivity index (χ3n) is 6.28. The van der Waals surface area contributed by atoms with E-state index in [-0.39, 0.29) is 34.8 Å². The van der Waals surface area contributed by atoms with E-state index in [1.807, 2.05) is 12.2 Å². The molecule has 1 spiro atoms. The molecule has 2 saturated carbocycles. The second-order valence-electron chi connectivity index (χ2n) is 7.28. The van der Waals surface area contributed by atoms with E-state index in [0.717, 1.165) is 29.9 Å². The number of benzene rings is 1. The van der Waals surface area contributed by atoms with Gasteiger partial charge in [-0.15, -0.1) is 0 Å². The molecule has 4 aliphatic rings. The lowest BCUT2D eigenvalue weighted by atomic mass is 9.85. The standard InChI is InChI=1S/C18H14F3NO2/c19-18(20,21)9-2-1-3-10(8-9)22-15(23)13-11-4-5-12(14(13)16(22)24)17(11)6-7-17/h1-5,8,11-14H,6-7H2/t11-,12-,13-,14+/m1/s1. The van der Waals surface area contributed by atoms with E-state index >= 15 is 0 Å². The fourth-order valence-corrected chi connectivity index (χ4v) is 5.15. The monoisotopic (exact) mass is 333 g/mol. The minimum Gasteiger partial charge on any atom is -0.274 e. The molecule has 1 aromatic rings. The van der Waals surface area contributed by atoms with Gasteiger partial charge in [0, 0.05) is 0 Å². The van der Waals surface area contributed by atoms with Crippen LogP contribution in [0.3, 0.4) is 0 Å². The van der Waals surface area contributed by atoms with E-state index in [0.29, 0.717) is 0 Å². The molecule has 1 aromatic carbocycles. The molecule has 0 unspecified atom stereocenters. The third kappa shape index (κ3) is 1.54. The van der Waals surface area contributed by atoms with Gasteiger partial charge in [-0.2, -0.15) is 13.2 Å². The van der Waals surface area contributed by atoms with E-state index in [2.05, 4.69) is 0 Å². The van der Waals surface area contributed by atoms with Crippen molar-refractivity contribution < 1.29 is 22.8 Å². The molecule has 124 valence electrons. The Labute approximate surface area is 136 Å². The van der Waals surface area contributed by atoms with E-state index in [9.17, 15) is 22.8 Å². The van der Waals surface area contributed by atoms with Gasteiger partial charge in [0.15, 0.2) is 0 Å². The molecule has 1 saturated heterocycles. The molecule has 3 nitrogen and oxygen atoms in total. The summed E-state index contributed by atoms with van der Waals surface area (Å²) in [5, 5.41) is 0. The molecule has 6 heteroatoms. The van der Waals surface area contributed by atoms with Crippen LogP contribution < -0.4 is 4.90 Å². The first-order chi connectivity index (χ1) is 11.3. The minimum absolute atomic E-state index is 0.0264. The van der Waals surface area contributed by atoms with Crippen molar-refractivity contribution in [2.24, 2.45) is 29.1 Å². The summed E-state index contributed by atoms with van der Waals surface area (Å²) in [4.78, 5) is 26.7. The van der Waals surface area contributed by atoms with Crippen molar-refractivity contribution in [3.63, 3.8) is 0 Å². The van der Waals surface area contributed by atoms with E-state index < -0.39 is 23.6 Å². The SMILES string of the molecule is O=C1[C@@H]2[C@H](C(=O)N1c1cccc(C(F)(F)F)c1)[C@H]1C=C[C@H]2C12CC2. The predicted molar refractivity (Wildman–Crippen MR) is 78.7 cm³/mol. The Morgan fingerprint density at radius 3 is 2.08 bits per heavy atom. The quantitative estimate of drug-likeness (QED) is 0.583. The van der Waals surface area contributed by atoms with Crippen LogP contribution in [-0.2, 0) is 15.8 Å². The average Bonchev–Trinajstić information content (AvgIpc) is 3.12. The van der Waals surface area contributed by atoms with Crippen LogP contribution in [0.15, 0.2) is 36.4 Å². The van der Waals surface area contributed by atoms with Crippen molar-refractivity contribution in [2.75, 3.05) is 4.90 Å². The van der Waals surface area contributed by atoms with Crippen molar-refractivity contribution in [1.82, 2.24) is 0 Å². The molecule has 0 aromatic heterocycles. The number of carbonyl (C=O) groups is 2. The number of carbonyl (C=O) groups excluding carboxylic acids is 2. The third-order valence-corrected chi connectivity index (χ3v) is 6.28. The van der Waals surface area contributed by atoms with Gasteiger partial charge in [0.1, 0.15) is 0 Å². The molecule has 3 fully saturated rings. The first-order valence-electron chi connectivity index (χ1n) is 8.08. The van der Waals surface area contributed by atoms with Crippen LogP contribution in [-0.4, -0.2) is 11.8 Å². The van der Waals surface area contributed by atoms with Gasteiger partial charge < -0.3 is 0 Å². The molecule has 2 amide bonds. The lowest BCUT2D eigenvalue weighted by molar-refractivity contribution is -0.137. The highest BCUT2D eigenvalue weighted by molar-refractivity contribution is 6.23. The Balaban J connectivity index is 1.54. The fourth-order valence-electron chi connectivity index (χ4n) is 5.15. The van der Waals surface area contributed by atoms with Crippen LogP contribution in [0.25, 0.3) is 0 Å². The zero-order chi connectivity index (χ0) is 16.9. The minimum atomic E-state index is -4.50. The summed E-state index contributed by atoms with van der Waals surface area (Å²) < 4.78 is 38.8. The number of hydrogen-bond acceptors (Lipinski definition) is 2. The second-order valence-corrected chi connectivity index (χ2v) is 7.28. The second kappa shape index (κ2) is 4.10. The van der Waals surface area contributed by atoms with E-state index in [1.165, 1.54) is 12.1 Å². The number of imide groups is 1. The molecule has 2 bridgehead atoms. The zero-order valence-electron chi connectivity index (χ0n) is 12.6. The van der Waals surface area contributed by atoms with Gasteiger partial charge >= 0.3 is 6.18 Å². The molecule has 4 atom stereocenters. The number of halogens is 3. The fraction of sp³-hybridized carbons (Fsp3) is 0.444. The number of nitrogens with zero attached hydrogens (tertiary/aromatic N) is 1. The number of fused-ring (bicyclic) bond motifs is 3. The maximum absolute atomic E-state index is 12.9. The smallest absolute Gasteiger partial charge is 0.274 e. The molecule has 0 radical (unpaired) electrons. The molecule has 1 aliphatic heterocycles. The highest BCUT2D eigenvalue weighted by Gasteiger charge is 2.73. The van der Waals surface area contributed by atoms with Gasteiger partial charge in [0.25, 0.3) is 0 Å². The van der Waals surface area contributed by atoms with Gasteiger partial charge in [0.2, 0.25) is 11.8 Å². The summed E-state index contributed by atoms with van der Waals surface area (Å²) in [6, 6.07) is 4.47. The maximum atomic E-state index is 12.9. The zero-order valence-corrected chi connectivity index (χ0v) is 12.6. The Kier molecular flexibility index (Phi) is 2.44. The highest BCUT2D eigenvalue weighted by Crippen LogP contribution is 2.73. The number of rotatable bonds is 1. The van der Waals surface area contributed by atoms with Gasteiger partial charge in [-0.05, 0) is 48.3 Å². The Hall–Kier alpha value is -2.11. The lowest BCUT2D eigenvalue weighted by Gasteiger charge is -2.22. The molecule has 24 heavy (non-hydrogen) atoms. The van der Waals surface area contributed by atoms with Crippen molar-refractivity contribution in [3.05, 3.63) is 42.0 Å². The van der Waals surface area contributed by atoms with Gasteiger partial charge in [0.05, 0.1) is 23.1 Å². The Bertz CT molecular complexity index is 775. The van der Waals surface area contributed by atoms with Gasteiger partial charge in [-0.25, -0.2) is 0 Å².